The molecule has 1 fully saturated rings. The number of aliphatic hydroxyl groups is 1. The summed E-state index contributed by atoms with van der Waals surface area (Å²) in [5.74, 6) is 0.586. The van der Waals surface area contributed by atoms with Gasteiger partial charge in [-0.2, -0.15) is 0 Å². The third-order valence-electron chi connectivity index (χ3n) is 3.19. The second-order valence-electron chi connectivity index (χ2n) is 4.52. The molecule has 1 aromatic rings. The van der Waals surface area contributed by atoms with Gasteiger partial charge in [0.15, 0.2) is 0 Å². The van der Waals surface area contributed by atoms with Crippen LogP contribution >= 0.6 is 11.6 Å². The third kappa shape index (κ3) is 3.21. The summed E-state index contributed by atoms with van der Waals surface area (Å²) in [6.45, 7) is 2.14. The van der Waals surface area contributed by atoms with Crippen LogP contribution in [-0.2, 0) is 0 Å². The van der Waals surface area contributed by atoms with Gasteiger partial charge >= 0.3 is 0 Å². The van der Waals surface area contributed by atoms with Crippen LogP contribution in [0.2, 0.25) is 5.02 Å². The Labute approximate surface area is 102 Å². The van der Waals surface area contributed by atoms with Gasteiger partial charge in [0.25, 0.3) is 0 Å². The van der Waals surface area contributed by atoms with Gasteiger partial charge in [-0.3, -0.25) is 0 Å². The fraction of sp³-hybridized carbons (Fsp3) is 0.538. The van der Waals surface area contributed by atoms with Crippen LogP contribution in [0.1, 0.15) is 30.9 Å². The Morgan fingerprint density at radius 3 is 3.06 bits per heavy atom. The summed E-state index contributed by atoms with van der Waals surface area (Å²) in [5.41, 5.74) is 0.929. The first-order valence-corrected chi connectivity index (χ1v) is 6.28. The summed E-state index contributed by atoms with van der Waals surface area (Å²) in [7, 11) is 0. The van der Waals surface area contributed by atoms with Crippen LogP contribution in [0.4, 0.5) is 0 Å². The highest BCUT2D eigenvalue weighted by atomic mass is 35.5. The Morgan fingerprint density at radius 2 is 2.38 bits per heavy atom. The average Bonchev–Trinajstić information content (AvgIpc) is 2.30. The van der Waals surface area contributed by atoms with E-state index in [0.717, 1.165) is 25.1 Å². The Bertz CT molecular complexity index is 336. The van der Waals surface area contributed by atoms with Gasteiger partial charge in [-0.15, -0.1) is 0 Å². The molecule has 1 aromatic carbocycles. The predicted molar refractivity (Wildman–Crippen MR) is 66.6 cm³/mol. The van der Waals surface area contributed by atoms with Gasteiger partial charge in [-0.1, -0.05) is 23.7 Å². The van der Waals surface area contributed by atoms with Crippen molar-refractivity contribution in [2.24, 2.45) is 5.92 Å². The summed E-state index contributed by atoms with van der Waals surface area (Å²) in [5, 5.41) is 14.2. The van der Waals surface area contributed by atoms with Crippen molar-refractivity contribution in [3.63, 3.8) is 0 Å². The molecule has 0 aromatic heterocycles. The summed E-state index contributed by atoms with van der Waals surface area (Å²) in [6, 6.07) is 7.51. The van der Waals surface area contributed by atoms with Crippen molar-refractivity contribution in [3.8, 4) is 0 Å². The summed E-state index contributed by atoms with van der Waals surface area (Å²) >= 11 is 5.91. The second kappa shape index (κ2) is 5.67. The van der Waals surface area contributed by atoms with E-state index in [4.69, 9.17) is 11.6 Å². The maximum Gasteiger partial charge on any atom is 0.0793 e. The zero-order chi connectivity index (χ0) is 11.4. The molecule has 1 aliphatic heterocycles. The van der Waals surface area contributed by atoms with E-state index in [9.17, 15) is 5.11 Å². The minimum atomic E-state index is -0.386. The highest BCUT2D eigenvalue weighted by molar-refractivity contribution is 6.30. The number of hydrogen-bond donors (Lipinski definition) is 2. The van der Waals surface area contributed by atoms with Crippen LogP contribution in [0.5, 0.6) is 0 Å². The van der Waals surface area contributed by atoms with E-state index < -0.39 is 0 Å². The van der Waals surface area contributed by atoms with Crippen LogP contribution in [-0.4, -0.2) is 18.2 Å². The van der Waals surface area contributed by atoms with Crippen molar-refractivity contribution in [3.05, 3.63) is 34.9 Å². The minimum absolute atomic E-state index is 0.386. The summed E-state index contributed by atoms with van der Waals surface area (Å²) in [6.07, 6.45) is 2.87. The first-order valence-electron chi connectivity index (χ1n) is 5.90. The zero-order valence-electron chi connectivity index (χ0n) is 9.32. The molecule has 2 atom stereocenters. The van der Waals surface area contributed by atoms with E-state index in [-0.39, 0.29) is 6.10 Å². The standard InChI is InChI=1S/C13H18ClNO/c14-12-5-1-4-11(8-12)13(16)7-10-3-2-6-15-9-10/h1,4-5,8,10,13,15-16H,2-3,6-7,9H2. The number of rotatable bonds is 3. The van der Waals surface area contributed by atoms with E-state index in [2.05, 4.69) is 5.32 Å². The number of halogens is 1. The van der Waals surface area contributed by atoms with Crippen molar-refractivity contribution < 1.29 is 5.11 Å². The lowest BCUT2D eigenvalue weighted by molar-refractivity contribution is 0.135. The Hall–Kier alpha value is -0.570. The number of aliphatic hydroxyl groups excluding tert-OH is 1. The van der Waals surface area contributed by atoms with Crippen LogP contribution in [0, 0.1) is 5.92 Å². The van der Waals surface area contributed by atoms with E-state index in [1.54, 1.807) is 0 Å². The molecule has 2 N–H and O–H groups in total. The molecule has 0 radical (unpaired) electrons. The van der Waals surface area contributed by atoms with Gasteiger partial charge < -0.3 is 10.4 Å². The van der Waals surface area contributed by atoms with Crippen LogP contribution in [0.15, 0.2) is 24.3 Å². The topological polar surface area (TPSA) is 32.3 Å². The van der Waals surface area contributed by atoms with Crippen LogP contribution in [0.25, 0.3) is 0 Å². The fourth-order valence-corrected chi connectivity index (χ4v) is 2.49. The molecule has 2 nitrogen and oxygen atoms in total. The lowest BCUT2D eigenvalue weighted by atomic mass is 9.91. The van der Waals surface area contributed by atoms with E-state index in [0.29, 0.717) is 10.9 Å². The molecule has 1 saturated heterocycles. The Balaban J connectivity index is 1.94. The van der Waals surface area contributed by atoms with Crippen molar-refractivity contribution in [2.45, 2.75) is 25.4 Å². The van der Waals surface area contributed by atoms with Gasteiger partial charge in [0.2, 0.25) is 0 Å². The van der Waals surface area contributed by atoms with Crippen molar-refractivity contribution >= 4 is 11.6 Å². The maximum absolute atomic E-state index is 10.1. The summed E-state index contributed by atoms with van der Waals surface area (Å²) < 4.78 is 0. The largest absolute Gasteiger partial charge is 0.388 e. The molecule has 0 spiro atoms. The van der Waals surface area contributed by atoms with Gasteiger partial charge in [-0.05, 0) is 56.0 Å². The quantitative estimate of drug-likeness (QED) is 0.850. The normalized spacial score (nSPS) is 23.0. The van der Waals surface area contributed by atoms with Gasteiger partial charge in [-0.25, -0.2) is 0 Å². The maximum atomic E-state index is 10.1. The van der Waals surface area contributed by atoms with Gasteiger partial charge in [0, 0.05) is 5.02 Å². The number of hydrogen-bond acceptors (Lipinski definition) is 2. The van der Waals surface area contributed by atoms with Crippen molar-refractivity contribution in [2.75, 3.05) is 13.1 Å². The zero-order valence-corrected chi connectivity index (χ0v) is 10.1. The third-order valence-corrected chi connectivity index (χ3v) is 3.42. The predicted octanol–water partition coefficient (Wildman–Crippen LogP) is 2.76. The highest BCUT2D eigenvalue weighted by Gasteiger charge is 2.18. The molecule has 88 valence electrons. The smallest absolute Gasteiger partial charge is 0.0793 e. The Kier molecular flexibility index (Phi) is 4.22. The van der Waals surface area contributed by atoms with E-state index in [1.165, 1.54) is 12.8 Å². The van der Waals surface area contributed by atoms with Crippen LogP contribution < -0.4 is 5.32 Å². The SMILES string of the molecule is OC(CC1CCCNC1)c1cccc(Cl)c1. The Morgan fingerprint density at radius 1 is 1.50 bits per heavy atom. The molecule has 0 amide bonds. The number of benzene rings is 1. The van der Waals surface area contributed by atoms with Crippen molar-refractivity contribution in [1.82, 2.24) is 5.32 Å². The molecule has 0 saturated carbocycles. The highest BCUT2D eigenvalue weighted by Crippen LogP contribution is 2.26. The molecule has 0 bridgehead atoms. The monoisotopic (exact) mass is 239 g/mol. The number of piperidine rings is 1. The molecule has 1 heterocycles. The second-order valence-corrected chi connectivity index (χ2v) is 4.96. The molecular formula is C13H18ClNO. The average molecular weight is 240 g/mol. The molecular weight excluding hydrogens is 222 g/mol. The number of nitrogens with one attached hydrogen (secondary N) is 1. The lowest BCUT2D eigenvalue weighted by Crippen LogP contribution is -2.30. The van der Waals surface area contributed by atoms with Crippen molar-refractivity contribution in [1.29, 1.82) is 0 Å². The molecule has 0 aliphatic carbocycles. The lowest BCUT2D eigenvalue weighted by Gasteiger charge is -2.25. The molecule has 2 unspecified atom stereocenters. The first-order chi connectivity index (χ1) is 7.75. The molecule has 3 heteroatoms. The summed E-state index contributed by atoms with van der Waals surface area (Å²) in [4.78, 5) is 0. The molecule has 16 heavy (non-hydrogen) atoms. The minimum Gasteiger partial charge on any atom is -0.388 e. The molecule has 1 aliphatic rings. The van der Waals surface area contributed by atoms with Crippen LogP contribution in [0.3, 0.4) is 0 Å². The van der Waals surface area contributed by atoms with Gasteiger partial charge in [0.05, 0.1) is 6.10 Å². The first kappa shape index (κ1) is 11.9. The van der Waals surface area contributed by atoms with E-state index >= 15 is 0 Å². The van der Waals surface area contributed by atoms with E-state index in [1.807, 2.05) is 24.3 Å². The fourth-order valence-electron chi connectivity index (χ4n) is 2.29. The molecule has 2 rings (SSSR count). The van der Waals surface area contributed by atoms with Gasteiger partial charge in [0.1, 0.15) is 0 Å².